The van der Waals surface area contributed by atoms with E-state index in [4.69, 9.17) is 4.74 Å². The molecule has 0 aromatic heterocycles. The van der Waals surface area contributed by atoms with Crippen LogP contribution >= 0.6 is 15.9 Å². The van der Waals surface area contributed by atoms with Gasteiger partial charge in [0, 0.05) is 15.9 Å². The average molecular weight is 313 g/mol. The molecular weight excluding hydrogens is 300 g/mol. The highest BCUT2D eigenvalue weighted by Gasteiger charge is 2.29. The van der Waals surface area contributed by atoms with Crippen molar-refractivity contribution in [3.8, 4) is 5.75 Å². The average Bonchev–Trinajstić information content (AvgIpc) is 2.35. The molecule has 0 unspecified atom stereocenters. The molecule has 1 N–H and O–H groups in total. The van der Waals surface area contributed by atoms with Crippen molar-refractivity contribution < 1.29 is 14.3 Å². The summed E-state index contributed by atoms with van der Waals surface area (Å²) in [6, 6.07) is 5.53. The number of hydrogen-bond acceptors (Lipinski definition) is 4. The molecule has 2 rings (SSSR count). The molecule has 1 aromatic rings. The molecule has 0 bridgehead atoms. The van der Waals surface area contributed by atoms with Crippen LogP contribution in [0.25, 0.3) is 0 Å². The summed E-state index contributed by atoms with van der Waals surface area (Å²) in [5, 5.41) is 3.05. The van der Waals surface area contributed by atoms with E-state index in [1.165, 1.54) is 0 Å². The van der Waals surface area contributed by atoms with E-state index in [-0.39, 0.29) is 12.5 Å². The molecule has 0 saturated heterocycles. The van der Waals surface area contributed by atoms with Crippen LogP contribution in [0.15, 0.2) is 18.2 Å². The Hall–Kier alpha value is -1.40. The number of benzene rings is 1. The second-order valence-electron chi connectivity index (χ2n) is 3.93. The Labute approximate surface area is 113 Å². The first-order chi connectivity index (χ1) is 8.63. The minimum Gasteiger partial charge on any atom is -0.482 e. The van der Waals surface area contributed by atoms with E-state index in [0.29, 0.717) is 11.4 Å². The van der Waals surface area contributed by atoms with Crippen LogP contribution in [-0.2, 0) is 11.2 Å². The number of amides is 2. The second kappa shape index (κ2) is 5.49. The smallest absolute Gasteiger partial charge is 0.301 e. The molecule has 1 aliphatic heterocycles. The summed E-state index contributed by atoms with van der Waals surface area (Å²) in [5.41, 5.74) is 1.54. The van der Waals surface area contributed by atoms with Crippen LogP contribution in [0.1, 0.15) is 5.56 Å². The third kappa shape index (κ3) is 2.54. The van der Waals surface area contributed by atoms with Crippen LogP contribution in [0.3, 0.4) is 0 Å². The number of ether oxygens (including phenoxy) is 1. The summed E-state index contributed by atoms with van der Waals surface area (Å²) in [5.74, 6) is 0.186. The Bertz CT molecular complexity index is 490. The summed E-state index contributed by atoms with van der Waals surface area (Å²) >= 11 is 2.82. The molecule has 0 fully saturated rings. The van der Waals surface area contributed by atoms with E-state index in [1.54, 1.807) is 6.07 Å². The van der Waals surface area contributed by atoms with Gasteiger partial charge < -0.3 is 10.1 Å². The van der Waals surface area contributed by atoms with Crippen LogP contribution in [0.4, 0.5) is 10.5 Å². The van der Waals surface area contributed by atoms with Gasteiger partial charge in [-0.3, -0.25) is 9.59 Å². The molecular formula is C12H13BrN2O3. The fourth-order valence-electron chi connectivity index (χ4n) is 1.82. The van der Waals surface area contributed by atoms with Gasteiger partial charge in [-0.1, -0.05) is 6.07 Å². The summed E-state index contributed by atoms with van der Waals surface area (Å²) in [6.07, 6.45) is 0.822. The Kier molecular flexibility index (Phi) is 3.98. The lowest BCUT2D eigenvalue weighted by atomic mass is 10.1. The van der Waals surface area contributed by atoms with E-state index in [1.807, 2.05) is 19.2 Å². The third-order valence-corrected chi connectivity index (χ3v) is 3.06. The molecule has 1 aliphatic rings. The fourth-order valence-corrected chi connectivity index (χ4v) is 2.20. The van der Waals surface area contributed by atoms with E-state index >= 15 is 0 Å². The number of nitrogens with zero attached hydrogens (tertiary/aromatic N) is 1. The number of anilines is 1. The molecule has 5 nitrogen and oxygen atoms in total. The first kappa shape index (κ1) is 13.0. The van der Waals surface area contributed by atoms with Crippen LogP contribution < -0.4 is 15.0 Å². The number of halogens is 1. The van der Waals surface area contributed by atoms with Gasteiger partial charge in [-0.05, 0) is 37.7 Å². The number of likely N-dealkylation sites (N-methyl/N-ethyl adjacent to an activating group) is 1. The summed E-state index contributed by atoms with van der Waals surface area (Å²) < 4.78 is 5.30. The molecule has 0 atom stereocenters. The number of carbonyl (C=O) groups excluding carboxylic acids is 2. The van der Waals surface area contributed by atoms with Crippen LogP contribution in [0, 0.1) is 0 Å². The maximum absolute atomic E-state index is 11.7. The lowest BCUT2D eigenvalue weighted by molar-refractivity contribution is -0.120. The van der Waals surface area contributed by atoms with Gasteiger partial charge in [-0.15, -0.1) is 0 Å². The molecule has 6 heteroatoms. The zero-order valence-corrected chi connectivity index (χ0v) is 11.5. The minimum atomic E-state index is -0.470. The van der Waals surface area contributed by atoms with E-state index in [9.17, 15) is 9.59 Å². The fraction of sp³-hybridized carbons (Fsp3) is 0.333. The highest BCUT2D eigenvalue weighted by atomic mass is 79.9. The topological polar surface area (TPSA) is 58.6 Å². The maximum Gasteiger partial charge on any atom is 0.301 e. The van der Waals surface area contributed by atoms with Crippen molar-refractivity contribution in [3.05, 3.63) is 23.8 Å². The molecule has 0 spiro atoms. The van der Waals surface area contributed by atoms with Crippen molar-refractivity contribution in [1.82, 2.24) is 5.32 Å². The minimum absolute atomic E-state index is 0.111. The van der Waals surface area contributed by atoms with E-state index in [2.05, 4.69) is 21.2 Å². The van der Waals surface area contributed by atoms with Gasteiger partial charge in [0.1, 0.15) is 5.75 Å². The maximum atomic E-state index is 11.7. The van der Waals surface area contributed by atoms with E-state index < -0.39 is 4.82 Å². The van der Waals surface area contributed by atoms with Crippen LogP contribution in [0.5, 0.6) is 5.75 Å². The Balaban J connectivity index is 2.35. The quantitative estimate of drug-likeness (QED) is 0.681. The van der Waals surface area contributed by atoms with E-state index in [0.717, 1.165) is 23.4 Å². The predicted octanol–water partition coefficient (Wildman–Crippen LogP) is 1.69. The summed E-state index contributed by atoms with van der Waals surface area (Å²) in [4.78, 5) is 23.7. The number of imide groups is 1. The zero-order chi connectivity index (χ0) is 13.1. The van der Waals surface area contributed by atoms with Crippen molar-refractivity contribution in [1.29, 1.82) is 0 Å². The van der Waals surface area contributed by atoms with Gasteiger partial charge >= 0.3 is 4.82 Å². The normalized spacial score (nSPS) is 14.1. The standard InChI is InChI=1S/C12H13BrN2O3/c1-14-5-4-8-2-3-10-9(6-8)15(12(13)17)11(16)7-18-10/h2-3,6,14H,4-5,7H2,1H3. The van der Waals surface area contributed by atoms with Crippen molar-refractivity contribution in [3.63, 3.8) is 0 Å². The molecule has 18 heavy (non-hydrogen) atoms. The van der Waals surface area contributed by atoms with Crippen molar-refractivity contribution >= 4 is 32.3 Å². The number of rotatable bonds is 3. The largest absolute Gasteiger partial charge is 0.482 e. The molecule has 0 aliphatic carbocycles. The highest BCUT2D eigenvalue weighted by molar-refractivity contribution is 9.18. The zero-order valence-electron chi connectivity index (χ0n) is 9.90. The Morgan fingerprint density at radius 1 is 1.56 bits per heavy atom. The number of nitrogens with one attached hydrogen (secondary N) is 1. The van der Waals surface area contributed by atoms with Gasteiger partial charge in [0.15, 0.2) is 6.61 Å². The summed E-state index contributed by atoms with van der Waals surface area (Å²) in [6.45, 7) is 0.718. The van der Waals surface area contributed by atoms with Gasteiger partial charge in [0.25, 0.3) is 5.91 Å². The van der Waals surface area contributed by atoms with Crippen LogP contribution in [0.2, 0.25) is 0 Å². The predicted molar refractivity (Wildman–Crippen MR) is 71.4 cm³/mol. The first-order valence-corrected chi connectivity index (χ1v) is 6.35. The Morgan fingerprint density at radius 3 is 3.00 bits per heavy atom. The second-order valence-corrected chi connectivity index (χ2v) is 4.60. The van der Waals surface area contributed by atoms with Gasteiger partial charge in [-0.25, -0.2) is 4.90 Å². The molecule has 1 heterocycles. The molecule has 0 radical (unpaired) electrons. The van der Waals surface area contributed by atoms with Gasteiger partial charge in [0.05, 0.1) is 5.69 Å². The lowest BCUT2D eigenvalue weighted by Gasteiger charge is -2.26. The van der Waals surface area contributed by atoms with Crippen LogP contribution in [-0.4, -0.2) is 30.9 Å². The molecule has 2 amide bonds. The van der Waals surface area contributed by atoms with Crippen molar-refractivity contribution in [2.45, 2.75) is 6.42 Å². The number of fused-ring (bicyclic) bond motifs is 1. The first-order valence-electron chi connectivity index (χ1n) is 5.56. The van der Waals surface area contributed by atoms with Crippen molar-refractivity contribution in [2.75, 3.05) is 25.1 Å². The third-order valence-electron chi connectivity index (χ3n) is 2.70. The van der Waals surface area contributed by atoms with Gasteiger partial charge in [-0.2, -0.15) is 0 Å². The van der Waals surface area contributed by atoms with Crippen molar-refractivity contribution in [2.24, 2.45) is 0 Å². The summed E-state index contributed by atoms with van der Waals surface area (Å²) in [7, 11) is 1.87. The molecule has 96 valence electrons. The number of carbonyl (C=O) groups is 2. The highest BCUT2D eigenvalue weighted by Crippen LogP contribution is 2.34. The monoisotopic (exact) mass is 312 g/mol. The number of hydrogen-bond donors (Lipinski definition) is 1. The molecule has 1 aromatic carbocycles. The SMILES string of the molecule is CNCCc1ccc2c(c1)N(C(=O)Br)C(=O)CO2. The Morgan fingerprint density at radius 2 is 2.33 bits per heavy atom. The van der Waals surface area contributed by atoms with Gasteiger partial charge in [0.2, 0.25) is 0 Å². The molecule has 0 saturated carbocycles. The lowest BCUT2D eigenvalue weighted by Crippen LogP contribution is -2.40.